The average molecular weight is 260 g/mol. The Bertz CT molecular complexity index is 267. The largest absolute Gasteiger partial charge is 0.480 e. The molecule has 1 aliphatic heterocycles. The molecule has 6 heteroatoms. The molecule has 98 valence electrons. The Hall–Kier alpha value is -0.750. The summed E-state index contributed by atoms with van der Waals surface area (Å²) in [5, 5.41) is 14.8. The van der Waals surface area contributed by atoms with Gasteiger partial charge in [0.05, 0.1) is 0 Å². The van der Waals surface area contributed by atoms with Gasteiger partial charge in [-0.15, -0.1) is 0 Å². The Morgan fingerprint density at radius 3 is 2.88 bits per heavy atom. The van der Waals surface area contributed by atoms with Gasteiger partial charge in [0.2, 0.25) is 5.91 Å². The molecule has 17 heavy (non-hydrogen) atoms. The first-order valence-electron chi connectivity index (χ1n) is 5.85. The van der Waals surface area contributed by atoms with Gasteiger partial charge in [0.1, 0.15) is 6.04 Å². The van der Waals surface area contributed by atoms with Gasteiger partial charge in [0, 0.05) is 6.42 Å². The molecule has 1 heterocycles. The second-order valence-electron chi connectivity index (χ2n) is 4.30. The van der Waals surface area contributed by atoms with Crippen molar-refractivity contribution in [2.24, 2.45) is 5.92 Å². The summed E-state index contributed by atoms with van der Waals surface area (Å²) in [7, 11) is 0. The lowest BCUT2D eigenvalue weighted by molar-refractivity contribution is -0.142. The Kier molecular flexibility index (Phi) is 6.36. The molecule has 0 spiro atoms. The van der Waals surface area contributed by atoms with Crippen LogP contribution >= 0.6 is 11.8 Å². The SMILES string of the molecule is CSCCC(NC(=O)CC1CCNC1)C(=O)O. The highest BCUT2D eigenvalue weighted by molar-refractivity contribution is 7.98. The summed E-state index contributed by atoms with van der Waals surface area (Å²) in [5.74, 6) is -0.00321. The average Bonchev–Trinajstić information content (AvgIpc) is 2.76. The van der Waals surface area contributed by atoms with Crippen LogP contribution in [0.2, 0.25) is 0 Å². The molecule has 0 bridgehead atoms. The molecular weight excluding hydrogens is 240 g/mol. The van der Waals surface area contributed by atoms with Crippen molar-refractivity contribution in [3.05, 3.63) is 0 Å². The van der Waals surface area contributed by atoms with E-state index in [0.29, 0.717) is 18.8 Å². The molecule has 0 radical (unpaired) electrons. The van der Waals surface area contributed by atoms with Crippen molar-refractivity contribution in [2.45, 2.75) is 25.3 Å². The Balaban J connectivity index is 2.32. The van der Waals surface area contributed by atoms with E-state index in [-0.39, 0.29) is 5.91 Å². The van der Waals surface area contributed by atoms with E-state index < -0.39 is 12.0 Å². The predicted octanol–water partition coefficient (Wildman–Crippen LogP) is 0.309. The van der Waals surface area contributed by atoms with Crippen LogP contribution in [-0.2, 0) is 9.59 Å². The number of hydrogen-bond acceptors (Lipinski definition) is 4. The van der Waals surface area contributed by atoms with Gasteiger partial charge in [0.15, 0.2) is 0 Å². The number of carbonyl (C=O) groups excluding carboxylic acids is 1. The van der Waals surface area contributed by atoms with Gasteiger partial charge in [0.25, 0.3) is 0 Å². The molecule has 0 aliphatic carbocycles. The van der Waals surface area contributed by atoms with Gasteiger partial charge in [-0.2, -0.15) is 11.8 Å². The van der Waals surface area contributed by atoms with Gasteiger partial charge in [-0.25, -0.2) is 4.79 Å². The Morgan fingerprint density at radius 1 is 1.59 bits per heavy atom. The first-order valence-corrected chi connectivity index (χ1v) is 7.24. The number of aliphatic carboxylic acids is 1. The van der Waals surface area contributed by atoms with Crippen LogP contribution in [0.3, 0.4) is 0 Å². The highest BCUT2D eigenvalue weighted by atomic mass is 32.2. The minimum Gasteiger partial charge on any atom is -0.480 e. The predicted molar refractivity (Wildman–Crippen MR) is 68.2 cm³/mol. The maximum atomic E-state index is 11.7. The number of rotatable bonds is 7. The highest BCUT2D eigenvalue weighted by Gasteiger charge is 2.22. The zero-order chi connectivity index (χ0) is 12.7. The van der Waals surface area contributed by atoms with Crippen molar-refractivity contribution in [2.75, 3.05) is 25.1 Å². The van der Waals surface area contributed by atoms with Crippen molar-refractivity contribution >= 4 is 23.6 Å². The number of carboxylic acid groups (broad SMARTS) is 1. The fourth-order valence-corrected chi connectivity index (χ4v) is 2.37. The molecule has 0 aromatic heterocycles. The van der Waals surface area contributed by atoms with Crippen molar-refractivity contribution in [3.63, 3.8) is 0 Å². The van der Waals surface area contributed by atoms with E-state index in [1.807, 2.05) is 6.26 Å². The summed E-state index contributed by atoms with van der Waals surface area (Å²) in [6.45, 7) is 1.81. The molecule has 2 atom stereocenters. The van der Waals surface area contributed by atoms with Gasteiger partial charge in [-0.05, 0) is 43.9 Å². The summed E-state index contributed by atoms with van der Waals surface area (Å²) in [6.07, 6.45) is 3.82. The molecule has 2 unspecified atom stereocenters. The topological polar surface area (TPSA) is 78.4 Å². The van der Waals surface area contributed by atoms with Gasteiger partial charge < -0.3 is 15.7 Å². The lowest BCUT2D eigenvalue weighted by Crippen LogP contribution is -2.41. The summed E-state index contributed by atoms with van der Waals surface area (Å²) >= 11 is 1.58. The van der Waals surface area contributed by atoms with Gasteiger partial charge in [-0.3, -0.25) is 4.79 Å². The molecule has 0 aromatic rings. The zero-order valence-electron chi connectivity index (χ0n) is 10.1. The summed E-state index contributed by atoms with van der Waals surface area (Å²) in [6, 6.07) is -0.746. The second kappa shape index (κ2) is 7.55. The molecule has 0 saturated carbocycles. The van der Waals surface area contributed by atoms with E-state index in [0.717, 1.165) is 25.3 Å². The van der Waals surface area contributed by atoms with Crippen LogP contribution in [0.4, 0.5) is 0 Å². The molecule has 0 aromatic carbocycles. The van der Waals surface area contributed by atoms with E-state index in [4.69, 9.17) is 5.11 Å². The van der Waals surface area contributed by atoms with Crippen LogP contribution in [0.5, 0.6) is 0 Å². The molecular formula is C11H20N2O3S. The Morgan fingerprint density at radius 2 is 2.35 bits per heavy atom. The normalized spacial score (nSPS) is 21.1. The van der Waals surface area contributed by atoms with E-state index in [1.54, 1.807) is 11.8 Å². The first-order chi connectivity index (χ1) is 8.13. The first kappa shape index (κ1) is 14.3. The highest BCUT2D eigenvalue weighted by Crippen LogP contribution is 2.12. The molecule has 1 saturated heterocycles. The third-order valence-corrected chi connectivity index (χ3v) is 3.52. The molecule has 3 N–H and O–H groups in total. The van der Waals surface area contributed by atoms with E-state index in [9.17, 15) is 9.59 Å². The van der Waals surface area contributed by atoms with Crippen LogP contribution in [0, 0.1) is 5.92 Å². The van der Waals surface area contributed by atoms with Crippen molar-refractivity contribution in [1.29, 1.82) is 0 Å². The summed E-state index contributed by atoms with van der Waals surface area (Å²) < 4.78 is 0. The standard InChI is InChI=1S/C11H20N2O3S/c1-17-5-3-9(11(15)16)13-10(14)6-8-2-4-12-7-8/h8-9,12H,2-7H2,1H3,(H,13,14)(H,15,16). The summed E-state index contributed by atoms with van der Waals surface area (Å²) in [5.41, 5.74) is 0. The van der Waals surface area contributed by atoms with Crippen molar-refractivity contribution in [1.82, 2.24) is 10.6 Å². The monoisotopic (exact) mass is 260 g/mol. The minimum absolute atomic E-state index is 0.146. The van der Waals surface area contributed by atoms with Crippen LogP contribution in [0.1, 0.15) is 19.3 Å². The number of amides is 1. The van der Waals surface area contributed by atoms with E-state index in [1.165, 1.54) is 0 Å². The minimum atomic E-state index is -0.947. The molecule has 5 nitrogen and oxygen atoms in total. The Labute approximate surface area is 106 Å². The quantitative estimate of drug-likeness (QED) is 0.614. The van der Waals surface area contributed by atoms with Crippen LogP contribution < -0.4 is 10.6 Å². The fraction of sp³-hybridized carbons (Fsp3) is 0.818. The van der Waals surface area contributed by atoms with E-state index in [2.05, 4.69) is 10.6 Å². The third-order valence-electron chi connectivity index (χ3n) is 2.88. The molecule has 1 amide bonds. The number of carboxylic acids is 1. The maximum absolute atomic E-state index is 11.7. The number of thioether (sulfide) groups is 1. The van der Waals surface area contributed by atoms with E-state index >= 15 is 0 Å². The third kappa shape index (κ3) is 5.41. The maximum Gasteiger partial charge on any atom is 0.326 e. The zero-order valence-corrected chi connectivity index (χ0v) is 10.9. The number of hydrogen-bond donors (Lipinski definition) is 3. The van der Waals surface area contributed by atoms with Crippen molar-refractivity contribution in [3.8, 4) is 0 Å². The molecule has 1 rings (SSSR count). The smallest absolute Gasteiger partial charge is 0.326 e. The number of carbonyl (C=O) groups is 2. The van der Waals surface area contributed by atoms with Gasteiger partial charge in [-0.1, -0.05) is 0 Å². The van der Waals surface area contributed by atoms with Crippen LogP contribution in [0.15, 0.2) is 0 Å². The lowest BCUT2D eigenvalue weighted by atomic mass is 10.0. The lowest BCUT2D eigenvalue weighted by Gasteiger charge is -2.15. The molecule has 1 fully saturated rings. The van der Waals surface area contributed by atoms with Gasteiger partial charge >= 0.3 is 5.97 Å². The molecule has 1 aliphatic rings. The van der Waals surface area contributed by atoms with Crippen LogP contribution in [-0.4, -0.2) is 48.1 Å². The fourth-order valence-electron chi connectivity index (χ4n) is 1.90. The van der Waals surface area contributed by atoms with Crippen molar-refractivity contribution < 1.29 is 14.7 Å². The van der Waals surface area contributed by atoms with Crippen LogP contribution in [0.25, 0.3) is 0 Å². The summed E-state index contributed by atoms with van der Waals surface area (Å²) in [4.78, 5) is 22.6. The second-order valence-corrected chi connectivity index (χ2v) is 5.29. The number of nitrogens with one attached hydrogen (secondary N) is 2.